The zero-order chi connectivity index (χ0) is 13.6. The second-order valence-electron chi connectivity index (χ2n) is 5.56. The Bertz CT molecular complexity index is 368. The van der Waals surface area contributed by atoms with E-state index in [9.17, 15) is 4.79 Å². The van der Waals surface area contributed by atoms with Gasteiger partial charge in [-0.2, -0.15) is 0 Å². The lowest BCUT2D eigenvalue weighted by Gasteiger charge is -2.21. The van der Waals surface area contributed by atoms with Gasteiger partial charge in [-0.15, -0.1) is 0 Å². The summed E-state index contributed by atoms with van der Waals surface area (Å²) >= 11 is 0. The maximum atomic E-state index is 11.6. The van der Waals surface area contributed by atoms with Crippen LogP contribution in [0.4, 0.5) is 0 Å². The summed E-state index contributed by atoms with van der Waals surface area (Å²) in [4.78, 5) is 13.7. The number of rotatable bonds is 5. The first-order chi connectivity index (χ1) is 8.37. The average Bonchev–Trinajstić information content (AvgIpc) is 2.25. The van der Waals surface area contributed by atoms with Gasteiger partial charge in [-0.3, -0.25) is 4.79 Å². The van der Waals surface area contributed by atoms with E-state index >= 15 is 0 Å². The van der Waals surface area contributed by atoms with Gasteiger partial charge >= 0.3 is 5.97 Å². The van der Waals surface area contributed by atoms with Crippen molar-refractivity contribution in [2.45, 2.75) is 39.3 Å². The molecular formula is C15H23NO2. The fraction of sp³-hybridized carbons (Fsp3) is 0.533. The Balaban J connectivity index is 2.29. The van der Waals surface area contributed by atoms with E-state index in [1.54, 1.807) is 0 Å². The standard InChI is InChI=1S/C15H23NO2/c1-15(2,3)18-14(17)10-11-16(4)12-13-8-6-5-7-9-13/h5-9H,10-12H2,1-4H3. The predicted molar refractivity (Wildman–Crippen MR) is 73.2 cm³/mol. The number of carbonyl (C=O) groups excluding carboxylic acids is 1. The Hall–Kier alpha value is -1.35. The Kier molecular flexibility index (Phi) is 5.35. The molecular weight excluding hydrogens is 226 g/mol. The highest BCUT2D eigenvalue weighted by Gasteiger charge is 2.16. The second kappa shape index (κ2) is 6.55. The molecule has 1 rings (SSSR count). The van der Waals surface area contributed by atoms with Crippen molar-refractivity contribution in [3.8, 4) is 0 Å². The number of nitrogens with zero attached hydrogens (tertiary/aromatic N) is 1. The third kappa shape index (κ3) is 6.40. The fourth-order valence-electron chi connectivity index (χ4n) is 1.65. The summed E-state index contributed by atoms with van der Waals surface area (Å²) in [5.41, 5.74) is 0.860. The molecule has 0 radical (unpaired) electrons. The molecule has 0 aliphatic rings. The minimum atomic E-state index is -0.394. The van der Waals surface area contributed by atoms with Crippen molar-refractivity contribution in [1.82, 2.24) is 4.90 Å². The molecule has 1 aromatic carbocycles. The lowest BCUT2D eigenvalue weighted by Crippen LogP contribution is -2.27. The quantitative estimate of drug-likeness (QED) is 0.751. The Morgan fingerprint density at radius 1 is 1.22 bits per heavy atom. The minimum absolute atomic E-state index is 0.137. The number of ether oxygens (including phenoxy) is 1. The highest BCUT2D eigenvalue weighted by atomic mass is 16.6. The van der Waals surface area contributed by atoms with E-state index in [1.165, 1.54) is 5.56 Å². The molecule has 0 aliphatic heterocycles. The molecule has 0 aromatic heterocycles. The molecule has 3 heteroatoms. The lowest BCUT2D eigenvalue weighted by molar-refractivity contribution is -0.155. The Morgan fingerprint density at radius 3 is 2.39 bits per heavy atom. The summed E-state index contributed by atoms with van der Waals surface area (Å²) in [7, 11) is 2.01. The molecule has 0 aliphatic carbocycles. The number of benzene rings is 1. The maximum Gasteiger partial charge on any atom is 0.307 e. The van der Waals surface area contributed by atoms with Gasteiger partial charge in [-0.25, -0.2) is 0 Å². The zero-order valence-electron chi connectivity index (χ0n) is 11.8. The maximum absolute atomic E-state index is 11.6. The van der Waals surface area contributed by atoms with Gasteiger partial charge in [0.25, 0.3) is 0 Å². The highest BCUT2D eigenvalue weighted by molar-refractivity contribution is 5.70. The Labute approximate surface area is 110 Å². The molecule has 0 saturated carbocycles. The molecule has 0 amide bonds. The van der Waals surface area contributed by atoms with Crippen molar-refractivity contribution < 1.29 is 9.53 Å². The van der Waals surface area contributed by atoms with Crippen molar-refractivity contribution in [3.05, 3.63) is 35.9 Å². The van der Waals surface area contributed by atoms with Gasteiger partial charge in [0.1, 0.15) is 5.60 Å². The van der Waals surface area contributed by atoms with Gasteiger partial charge in [0, 0.05) is 13.1 Å². The predicted octanol–water partition coefficient (Wildman–Crippen LogP) is 2.85. The normalized spacial score (nSPS) is 11.6. The first kappa shape index (κ1) is 14.7. The topological polar surface area (TPSA) is 29.5 Å². The van der Waals surface area contributed by atoms with E-state index in [4.69, 9.17) is 4.74 Å². The monoisotopic (exact) mass is 249 g/mol. The fourth-order valence-corrected chi connectivity index (χ4v) is 1.65. The van der Waals surface area contributed by atoms with Gasteiger partial charge in [-0.1, -0.05) is 30.3 Å². The van der Waals surface area contributed by atoms with E-state index in [2.05, 4.69) is 17.0 Å². The number of esters is 1. The molecule has 0 saturated heterocycles. The van der Waals surface area contributed by atoms with Crippen molar-refractivity contribution in [1.29, 1.82) is 0 Å². The molecule has 18 heavy (non-hydrogen) atoms. The van der Waals surface area contributed by atoms with Crippen LogP contribution in [-0.2, 0) is 16.1 Å². The molecule has 1 aromatic rings. The Morgan fingerprint density at radius 2 is 1.83 bits per heavy atom. The van der Waals surface area contributed by atoms with Crippen LogP contribution in [0.15, 0.2) is 30.3 Å². The van der Waals surface area contributed by atoms with Crippen LogP contribution < -0.4 is 0 Å². The van der Waals surface area contributed by atoms with Crippen molar-refractivity contribution in [2.24, 2.45) is 0 Å². The number of hydrogen-bond donors (Lipinski definition) is 0. The van der Waals surface area contributed by atoms with Gasteiger partial charge in [0.2, 0.25) is 0 Å². The van der Waals surface area contributed by atoms with Crippen LogP contribution in [0, 0.1) is 0 Å². The van der Waals surface area contributed by atoms with Crippen LogP contribution >= 0.6 is 0 Å². The third-order valence-electron chi connectivity index (χ3n) is 2.41. The number of hydrogen-bond acceptors (Lipinski definition) is 3. The van der Waals surface area contributed by atoms with Crippen LogP contribution in [0.5, 0.6) is 0 Å². The minimum Gasteiger partial charge on any atom is -0.460 e. The molecule has 0 atom stereocenters. The van der Waals surface area contributed by atoms with Crippen molar-refractivity contribution in [2.75, 3.05) is 13.6 Å². The van der Waals surface area contributed by atoms with E-state index in [1.807, 2.05) is 46.0 Å². The van der Waals surface area contributed by atoms with Crippen molar-refractivity contribution >= 4 is 5.97 Å². The van der Waals surface area contributed by atoms with E-state index < -0.39 is 5.60 Å². The van der Waals surface area contributed by atoms with E-state index in [-0.39, 0.29) is 5.97 Å². The van der Waals surface area contributed by atoms with Crippen molar-refractivity contribution in [3.63, 3.8) is 0 Å². The lowest BCUT2D eigenvalue weighted by atomic mass is 10.2. The summed E-state index contributed by atoms with van der Waals surface area (Å²) in [5, 5.41) is 0. The average molecular weight is 249 g/mol. The largest absolute Gasteiger partial charge is 0.460 e. The molecule has 100 valence electrons. The highest BCUT2D eigenvalue weighted by Crippen LogP contribution is 2.09. The molecule has 0 bridgehead atoms. The summed E-state index contributed by atoms with van der Waals surface area (Å²) in [5.74, 6) is -0.137. The summed E-state index contributed by atoms with van der Waals surface area (Å²) in [6.07, 6.45) is 0.431. The first-order valence-electron chi connectivity index (χ1n) is 6.31. The molecule has 0 fully saturated rings. The molecule has 0 spiro atoms. The molecule has 0 unspecified atom stereocenters. The van der Waals surface area contributed by atoms with Gasteiger partial charge in [0.05, 0.1) is 6.42 Å². The summed E-state index contributed by atoms with van der Waals surface area (Å²) in [6.45, 7) is 7.23. The van der Waals surface area contributed by atoms with Crippen LogP contribution in [-0.4, -0.2) is 30.1 Å². The van der Waals surface area contributed by atoms with Gasteiger partial charge in [0.15, 0.2) is 0 Å². The zero-order valence-corrected chi connectivity index (χ0v) is 11.8. The van der Waals surface area contributed by atoms with E-state index in [0.29, 0.717) is 13.0 Å². The molecule has 0 heterocycles. The summed E-state index contributed by atoms with van der Waals surface area (Å²) in [6, 6.07) is 10.2. The smallest absolute Gasteiger partial charge is 0.307 e. The first-order valence-corrected chi connectivity index (χ1v) is 6.31. The van der Waals surface area contributed by atoms with Crippen LogP contribution in [0.25, 0.3) is 0 Å². The van der Waals surface area contributed by atoms with E-state index in [0.717, 1.165) is 6.54 Å². The SMILES string of the molecule is CN(CCC(=O)OC(C)(C)C)Cc1ccccc1. The number of carbonyl (C=O) groups is 1. The third-order valence-corrected chi connectivity index (χ3v) is 2.41. The van der Waals surface area contributed by atoms with Crippen LogP contribution in [0.1, 0.15) is 32.8 Å². The summed E-state index contributed by atoms with van der Waals surface area (Å²) < 4.78 is 5.27. The van der Waals surface area contributed by atoms with Crippen LogP contribution in [0.3, 0.4) is 0 Å². The molecule has 0 N–H and O–H groups in total. The van der Waals surface area contributed by atoms with Gasteiger partial charge < -0.3 is 9.64 Å². The second-order valence-corrected chi connectivity index (χ2v) is 5.56. The molecule has 3 nitrogen and oxygen atoms in total. The van der Waals surface area contributed by atoms with Crippen LogP contribution in [0.2, 0.25) is 0 Å². The van der Waals surface area contributed by atoms with Gasteiger partial charge in [-0.05, 0) is 33.4 Å².